The maximum absolute atomic E-state index is 13.1. The molecule has 0 unspecified atom stereocenters. The van der Waals surface area contributed by atoms with E-state index in [1.54, 1.807) is 43.6 Å². The van der Waals surface area contributed by atoms with Crippen LogP contribution < -0.4 is 15.8 Å². The molecule has 1 aliphatic heterocycles. The Labute approximate surface area is 184 Å². The Balaban J connectivity index is 1.54. The lowest BCUT2D eigenvalue weighted by Crippen LogP contribution is -2.58. The van der Waals surface area contributed by atoms with Crippen molar-refractivity contribution in [2.45, 2.75) is 32.9 Å². The van der Waals surface area contributed by atoms with Crippen molar-refractivity contribution < 1.29 is 14.1 Å². The number of nitrogens with one attached hydrogen (secondary N) is 2. The number of amidine groups is 1. The Morgan fingerprint density at radius 3 is 2.56 bits per heavy atom. The molecule has 0 aliphatic carbocycles. The van der Waals surface area contributed by atoms with Gasteiger partial charge in [-0.05, 0) is 37.1 Å². The molecular formula is C22H23N7O3. The molecule has 2 atom stereocenters. The summed E-state index contributed by atoms with van der Waals surface area (Å²) in [6.45, 7) is 5.50. The van der Waals surface area contributed by atoms with E-state index in [-0.39, 0.29) is 23.6 Å². The van der Waals surface area contributed by atoms with Crippen LogP contribution in [-0.2, 0) is 9.59 Å². The minimum atomic E-state index is -0.712. The standard InChI is InChI=1S/C22H23N7O3/c1-13(2)17(21-26-18(28-32-21)15-9-11-23-12-10-15)25-20(30)19-24-14(3)22(31)29(27-19)16-7-5-4-6-8-16/h4-14,17H,1-3H3,(H,24,27)(H,25,30)/t14-,17+/m0/s1. The van der Waals surface area contributed by atoms with Gasteiger partial charge in [0.05, 0.1) is 5.69 Å². The lowest BCUT2D eigenvalue weighted by Gasteiger charge is -2.31. The molecular weight excluding hydrogens is 410 g/mol. The molecule has 0 saturated heterocycles. The van der Waals surface area contributed by atoms with Crippen LogP contribution in [0.2, 0.25) is 0 Å². The molecule has 2 N–H and O–H groups in total. The maximum Gasteiger partial charge on any atom is 0.288 e. The van der Waals surface area contributed by atoms with Crippen molar-refractivity contribution in [3.8, 4) is 11.4 Å². The van der Waals surface area contributed by atoms with E-state index < -0.39 is 18.0 Å². The van der Waals surface area contributed by atoms with E-state index in [2.05, 4.69) is 30.9 Å². The molecule has 10 heteroatoms. The Hall–Kier alpha value is -4.08. The molecule has 32 heavy (non-hydrogen) atoms. The molecule has 2 aromatic heterocycles. The zero-order valence-electron chi connectivity index (χ0n) is 17.9. The second-order valence-corrected chi connectivity index (χ2v) is 7.66. The molecule has 3 aromatic rings. The van der Waals surface area contributed by atoms with Crippen LogP contribution in [0.5, 0.6) is 0 Å². The average Bonchev–Trinajstić information content (AvgIpc) is 3.30. The number of anilines is 1. The molecule has 0 bridgehead atoms. The first kappa shape index (κ1) is 21.2. The third-order valence-electron chi connectivity index (χ3n) is 4.95. The van der Waals surface area contributed by atoms with E-state index in [1.807, 2.05) is 32.0 Å². The SMILES string of the molecule is CC(C)[C@@H](NC(=O)C1=N[C@@H](C)C(=O)N(c2ccccc2)N1)c1nc(-c2ccncc2)no1. The average molecular weight is 433 g/mol. The number of pyridine rings is 1. The molecule has 1 aromatic carbocycles. The van der Waals surface area contributed by atoms with Crippen molar-refractivity contribution in [3.05, 3.63) is 60.7 Å². The van der Waals surface area contributed by atoms with Crippen LogP contribution in [-0.4, -0.2) is 38.8 Å². The smallest absolute Gasteiger partial charge is 0.288 e. The van der Waals surface area contributed by atoms with E-state index in [1.165, 1.54) is 5.01 Å². The van der Waals surface area contributed by atoms with E-state index in [0.717, 1.165) is 5.56 Å². The highest BCUT2D eigenvalue weighted by Gasteiger charge is 2.33. The van der Waals surface area contributed by atoms with Gasteiger partial charge in [-0.1, -0.05) is 37.2 Å². The molecule has 164 valence electrons. The number of rotatable bonds is 6. The lowest BCUT2D eigenvalue weighted by atomic mass is 10.0. The number of benzene rings is 1. The van der Waals surface area contributed by atoms with Crippen LogP contribution in [0.25, 0.3) is 11.4 Å². The van der Waals surface area contributed by atoms with Gasteiger partial charge >= 0.3 is 0 Å². The Morgan fingerprint density at radius 2 is 1.88 bits per heavy atom. The summed E-state index contributed by atoms with van der Waals surface area (Å²) in [4.78, 5) is 38.3. The van der Waals surface area contributed by atoms with Crippen molar-refractivity contribution >= 4 is 23.3 Å². The summed E-state index contributed by atoms with van der Waals surface area (Å²) in [5, 5.41) is 8.24. The Bertz CT molecular complexity index is 1130. The molecule has 3 heterocycles. The number of amides is 2. The van der Waals surface area contributed by atoms with Crippen LogP contribution >= 0.6 is 0 Å². The van der Waals surface area contributed by atoms with E-state index in [9.17, 15) is 9.59 Å². The normalized spacial score (nSPS) is 17.0. The first-order valence-corrected chi connectivity index (χ1v) is 10.2. The summed E-state index contributed by atoms with van der Waals surface area (Å²) in [7, 11) is 0. The predicted molar refractivity (Wildman–Crippen MR) is 117 cm³/mol. The second-order valence-electron chi connectivity index (χ2n) is 7.66. The van der Waals surface area contributed by atoms with Crippen molar-refractivity contribution in [3.63, 3.8) is 0 Å². The number of aromatic nitrogens is 3. The number of nitrogens with zero attached hydrogens (tertiary/aromatic N) is 5. The molecule has 0 spiro atoms. The molecule has 0 saturated carbocycles. The second kappa shape index (κ2) is 8.96. The number of para-hydroxylation sites is 1. The Morgan fingerprint density at radius 1 is 1.16 bits per heavy atom. The predicted octanol–water partition coefficient (Wildman–Crippen LogP) is 2.28. The molecule has 1 aliphatic rings. The highest BCUT2D eigenvalue weighted by Crippen LogP contribution is 2.23. The fourth-order valence-corrected chi connectivity index (χ4v) is 3.21. The molecule has 2 amide bonds. The first-order chi connectivity index (χ1) is 15.4. The van der Waals surface area contributed by atoms with Crippen molar-refractivity contribution in [1.29, 1.82) is 0 Å². The fraction of sp³-hybridized carbons (Fsp3) is 0.273. The summed E-state index contributed by atoms with van der Waals surface area (Å²) >= 11 is 0. The number of hydrazine groups is 1. The minimum absolute atomic E-state index is 0.0282. The van der Waals surface area contributed by atoms with Gasteiger partial charge in [0.1, 0.15) is 12.1 Å². The highest BCUT2D eigenvalue weighted by molar-refractivity contribution is 6.39. The number of carbonyl (C=O) groups excluding carboxylic acids is 2. The molecule has 0 fully saturated rings. The monoisotopic (exact) mass is 433 g/mol. The fourth-order valence-electron chi connectivity index (χ4n) is 3.21. The summed E-state index contributed by atoms with van der Waals surface area (Å²) in [6.07, 6.45) is 3.28. The highest BCUT2D eigenvalue weighted by atomic mass is 16.5. The lowest BCUT2D eigenvalue weighted by molar-refractivity contribution is -0.120. The topological polar surface area (TPSA) is 126 Å². The number of hydrogen-bond donors (Lipinski definition) is 2. The first-order valence-electron chi connectivity index (χ1n) is 10.2. The van der Waals surface area contributed by atoms with Gasteiger partial charge in [0, 0.05) is 18.0 Å². The van der Waals surface area contributed by atoms with Crippen LogP contribution in [0.1, 0.15) is 32.7 Å². The molecule has 10 nitrogen and oxygen atoms in total. The van der Waals surface area contributed by atoms with Gasteiger partial charge < -0.3 is 9.84 Å². The van der Waals surface area contributed by atoms with E-state index >= 15 is 0 Å². The van der Waals surface area contributed by atoms with Crippen molar-refractivity contribution in [1.82, 2.24) is 25.9 Å². The van der Waals surface area contributed by atoms with Crippen LogP contribution in [0.3, 0.4) is 0 Å². The Kier molecular flexibility index (Phi) is 5.93. The van der Waals surface area contributed by atoms with Crippen LogP contribution in [0, 0.1) is 5.92 Å². The van der Waals surface area contributed by atoms with Gasteiger partial charge in [-0.25, -0.2) is 10.0 Å². The quantitative estimate of drug-likeness (QED) is 0.611. The van der Waals surface area contributed by atoms with Crippen molar-refractivity contribution in [2.75, 3.05) is 5.01 Å². The van der Waals surface area contributed by atoms with Gasteiger partial charge in [-0.3, -0.25) is 20.0 Å². The van der Waals surface area contributed by atoms with Gasteiger partial charge in [0.15, 0.2) is 0 Å². The zero-order chi connectivity index (χ0) is 22.7. The van der Waals surface area contributed by atoms with Crippen molar-refractivity contribution in [2.24, 2.45) is 10.9 Å². The molecule has 0 radical (unpaired) electrons. The van der Waals surface area contributed by atoms with E-state index in [0.29, 0.717) is 11.5 Å². The summed E-state index contributed by atoms with van der Waals surface area (Å²) < 4.78 is 5.44. The number of aliphatic imine (C=N–C) groups is 1. The van der Waals surface area contributed by atoms with Gasteiger partial charge in [-0.2, -0.15) is 4.98 Å². The van der Waals surface area contributed by atoms with Crippen LogP contribution in [0.15, 0.2) is 64.4 Å². The third-order valence-corrected chi connectivity index (χ3v) is 4.95. The maximum atomic E-state index is 13.1. The summed E-state index contributed by atoms with van der Waals surface area (Å²) in [6, 6.07) is 11.3. The largest absolute Gasteiger partial charge is 0.337 e. The van der Waals surface area contributed by atoms with Gasteiger partial charge in [0.25, 0.3) is 11.8 Å². The van der Waals surface area contributed by atoms with E-state index in [4.69, 9.17) is 4.52 Å². The zero-order valence-corrected chi connectivity index (χ0v) is 17.9. The van der Waals surface area contributed by atoms with Gasteiger partial charge in [0.2, 0.25) is 17.6 Å². The summed E-state index contributed by atoms with van der Waals surface area (Å²) in [5.74, 6) is -0.0659. The van der Waals surface area contributed by atoms with Gasteiger partial charge in [-0.15, -0.1) is 0 Å². The minimum Gasteiger partial charge on any atom is -0.337 e. The summed E-state index contributed by atoms with van der Waals surface area (Å²) in [5.41, 5.74) is 4.20. The number of hydrogen-bond acceptors (Lipinski definition) is 8. The number of carbonyl (C=O) groups is 2. The molecule has 4 rings (SSSR count). The third kappa shape index (κ3) is 4.34. The van der Waals surface area contributed by atoms with Crippen LogP contribution in [0.4, 0.5) is 5.69 Å².